The Labute approximate surface area is 107 Å². The van der Waals surface area contributed by atoms with Gasteiger partial charge in [-0.3, -0.25) is 4.68 Å². The van der Waals surface area contributed by atoms with Crippen molar-refractivity contribution >= 4 is 0 Å². The summed E-state index contributed by atoms with van der Waals surface area (Å²) in [6, 6.07) is 0.231. The van der Waals surface area contributed by atoms with E-state index in [0.29, 0.717) is 0 Å². The fraction of sp³-hybridized carbons (Fsp3) is 0.583. The minimum absolute atomic E-state index is 0.231. The molecule has 0 saturated heterocycles. The molecular formula is C12H20N6. The summed E-state index contributed by atoms with van der Waals surface area (Å²) < 4.78 is 3.78. The van der Waals surface area contributed by atoms with Crippen molar-refractivity contribution in [3.63, 3.8) is 0 Å². The number of aromatic nitrogens is 5. The molecular weight excluding hydrogens is 228 g/mol. The molecule has 1 unspecified atom stereocenters. The van der Waals surface area contributed by atoms with Crippen LogP contribution in [0.2, 0.25) is 0 Å². The Morgan fingerprint density at radius 1 is 1.39 bits per heavy atom. The number of aryl methyl sites for hydroxylation is 2. The molecule has 0 aromatic carbocycles. The number of nitrogens with one attached hydrogen (secondary N) is 1. The highest BCUT2D eigenvalue weighted by molar-refractivity contribution is 5.09. The molecule has 6 nitrogen and oxygen atoms in total. The van der Waals surface area contributed by atoms with Crippen molar-refractivity contribution in [2.75, 3.05) is 6.54 Å². The number of rotatable bonds is 6. The van der Waals surface area contributed by atoms with E-state index < -0.39 is 0 Å². The standard InChI is InChI=1S/C12H20N6/c1-4-5-14-11(12-7-13-9-17(12)2)6-10-8-18(3)16-15-10/h7-9,11,14H,4-6H2,1-3H3. The molecule has 0 aliphatic rings. The Morgan fingerprint density at radius 3 is 2.78 bits per heavy atom. The molecule has 0 aliphatic heterocycles. The molecule has 98 valence electrons. The predicted molar refractivity (Wildman–Crippen MR) is 68.9 cm³/mol. The summed E-state index contributed by atoms with van der Waals surface area (Å²) >= 11 is 0. The van der Waals surface area contributed by atoms with E-state index in [1.807, 2.05) is 37.4 Å². The Hall–Kier alpha value is -1.69. The second-order valence-corrected chi connectivity index (χ2v) is 4.52. The van der Waals surface area contributed by atoms with Gasteiger partial charge < -0.3 is 9.88 Å². The summed E-state index contributed by atoms with van der Waals surface area (Å²) in [5.41, 5.74) is 2.17. The van der Waals surface area contributed by atoms with E-state index in [2.05, 4.69) is 27.5 Å². The van der Waals surface area contributed by atoms with Gasteiger partial charge in [-0.15, -0.1) is 5.10 Å². The third-order valence-corrected chi connectivity index (χ3v) is 2.92. The SMILES string of the molecule is CCCNC(Cc1cn(C)nn1)c1cncn1C. The Morgan fingerprint density at radius 2 is 2.22 bits per heavy atom. The van der Waals surface area contributed by atoms with Crippen molar-refractivity contribution in [3.8, 4) is 0 Å². The van der Waals surface area contributed by atoms with E-state index in [9.17, 15) is 0 Å². The van der Waals surface area contributed by atoms with Gasteiger partial charge in [-0.1, -0.05) is 12.1 Å². The van der Waals surface area contributed by atoms with Crippen LogP contribution in [0.4, 0.5) is 0 Å². The summed E-state index contributed by atoms with van der Waals surface area (Å²) in [5.74, 6) is 0. The van der Waals surface area contributed by atoms with Gasteiger partial charge in [0.1, 0.15) is 0 Å². The summed E-state index contributed by atoms with van der Waals surface area (Å²) in [6.45, 7) is 3.14. The fourth-order valence-electron chi connectivity index (χ4n) is 2.00. The van der Waals surface area contributed by atoms with Crippen molar-refractivity contribution in [2.45, 2.75) is 25.8 Å². The van der Waals surface area contributed by atoms with E-state index in [0.717, 1.165) is 25.1 Å². The van der Waals surface area contributed by atoms with Gasteiger partial charge in [0.25, 0.3) is 0 Å². The second kappa shape index (κ2) is 5.77. The smallest absolute Gasteiger partial charge is 0.0946 e. The quantitative estimate of drug-likeness (QED) is 0.822. The average molecular weight is 248 g/mol. The van der Waals surface area contributed by atoms with Crippen LogP contribution in [0, 0.1) is 0 Å². The van der Waals surface area contributed by atoms with Crippen molar-refractivity contribution in [3.05, 3.63) is 30.1 Å². The number of hydrogen-bond acceptors (Lipinski definition) is 4. The molecule has 0 aliphatic carbocycles. The van der Waals surface area contributed by atoms with Crippen LogP contribution >= 0.6 is 0 Å². The number of hydrogen-bond donors (Lipinski definition) is 1. The Bertz CT molecular complexity index is 486. The maximum atomic E-state index is 4.18. The van der Waals surface area contributed by atoms with Gasteiger partial charge in [-0.25, -0.2) is 4.98 Å². The minimum Gasteiger partial charge on any atom is -0.336 e. The van der Waals surface area contributed by atoms with Crippen molar-refractivity contribution in [2.24, 2.45) is 14.1 Å². The van der Waals surface area contributed by atoms with Crippen LogP contribution in [0.5, 0.6) is 0 Å². The van der Waals surface area contributed by atoms with Gasteiger partial charge in [-0.2, -0.15) is 0 Å². The normalized spacial score (nSPS) is 12.8. The van der Waals surface area contributed by atoms with Gasteiger partial charge in [-0.05, 0) is 13.0 Å². The first kappa shape index (κ1) is 12.8. The van der Waals surface area contributed by atoms with Gasteiger partial charge in [0.15, 0.2) is 0 Å². The van der Waals surface area contributed by atoms with Crippen LogP contribution < -0.4 is 5.32 Å². The lowest BCUT2D eigenvalue weighted by molar-refractivity contribution is 0.499. The molecule has 0 fully saturated rings. The first-order valence-electron chi connectivity index (χ1n) is 6.25. The van der Waals surface area contributed by atoms with Gasteiger partial charge in [0, 0.05) is 32.9 Å². The first-order chi connectivity index (χ1) is 8.70. The highest BCUT2D eigenvalue weighted by Crippen LogP contribution is 2.16. The molecule has 18 heavy (non-hydrogen) atoms. The lowest BCUT2D eigenvalue weighted by Crippen LogP contribution is -2.26. The minimum atomic E-state index is 0.231. The van der Waals surface area contributed by atoms with Crippen LogP contribution in [0.1, 0.15) is 30.8 Å². The molecule has 0 saturated carbocycles. The number of imidazole rings is 1. The molecule has 2 rings (SSSR count). The van der Waals surface area contributed by atoms with Crippen LogP contribution in [0.3, 0.4) is 0 Å². The average Bonchev–Trinajstić information content (AvgIpc) is 2.93. The van der Waals surface area contributed by atoms with E-state index in [1.165, 1.54) is 5.69 Å². The monoisotopic (exact) mass is 248 g/mol. The highest BCUT2D eigenvalue weighted by atomic mass is 15.4. The molecule has 0 spiro atoms. The summed E-state index contributed by atoms with van der Waals surface area (Å²) in [6.07, 6.45) is 7.62. The maximum absolute atomic E-state index is 4.18. The molecule has 6 heteroatoms. The van der Waals surface area contributed by atoms with Crippen molar-refractivity contribution < 1.29 is 0 Å². The second-order valence-electron chi connectivity index (χ2n) is 4.52. The topological polar surface area (TPSA) is 60.6 Å². The van der Waals surface area contributed by atoms with Crippen LogP contribution in [0.25, 0.3) is 0 Å². The summed E-state index contributed by atoms with van der Waals surface area (Å²) in [4.78, 5) is 4.18. The fourth-order valence-corrected chi connectivity index (χ4v) is 2.00. The first-order valence-corrected chi connectivity index (χ1v) is 6.25. The van der Waals surface area contributed by atoms with E-state index in [1.54, 1.807) is 4.68 Å². The zero-order chi connectivity index (χ0) is 13.0. The Balaban J connectivity index is 2.12. The summed E-state index contributed by atoms with van der Waals surface area (Å²) in [7, 11) is 3.90. The lowest BCUT2D eigenvalue weighted by atomic mass is 10.1. The third kappa shape index (κ3) is 2.95. The van der Waals surface area contributed by atoms with E-state index in [-0.39, 0.29) is 6.04 Å². The van der Waals surface area contributed by atoms with E-state index >= 15 is 0 Å². The van der Waals surface area contributed by atoms with Crippen LogP contribution in [-0.4, -0.2) is 31.1 Å². The highest BCUT2D eigenvalue weighted by Gasteiger charge is 2.16. The molecule has 0 radical (unpaired) electrons. The van der Waals surface area contributed by atoms with Gasteiger partial charge in [0.2, 0.25) is 0 Å². The van der Waals surface area contributed by atoms with Gasteiger partial charge >= 0.3 is 0 Å². The Kier molecular flexibility index (Phi) is 4.09. The van der Waals surface area contributed by atoms with Crippen molar-refractivity contribution in [1.29, 1.82) is 0 Å². The zero-order valence-corrected chi connectivity index (χ0v) is 11.2. The molecule has 2 heterocycles. The molecule has 1 N–H and O–H groups in total. The molecule has 0 bridgehead atoms. The van der Waals surface area contributed by atoms with Crippen LogP contribution in [0.15, 0.2) is 18.7 Å². The molecule has 2 aromatic heterocycles. The maximum Gasteiger partial charge on any atom is 0.0946 e. The zero-order valence-electron chi connectivity index (χ0n) is 11.2. The van der Waals surface area contributed by atoms with Crippen LogP contribution in [-0.2, 0) is 20.5 Å². The lowest BCUT2D eigenvalue weighted by Gasteiger charge is -2.17. The summed E-state index contributed by atoms with van der Waals surface area (Å²) in [5, 5.41) is 11.6. The predicted octanol–water partition coefficient (Wildman–Crippen LogP) is 0.832. The van der Waals surface area contributed by atoms with Gasteiger partial charge in [0.05, 0.1) is 23.8 Å². The van der Waals surface area contributed by atoms with E-state index in [4.69, 9.17) is 0 Å². The molecule has 1 atom stereocenters. The number of nitrogens with zero attached hydrogens (tertiary/aromatic N) is 5. The molecule has 0 amide bonds. The van der Waals surface area contributed by atoms with Crippen molar-refractivity contribution in [1.82, 2.24) is 29.9 Å². The third-order valence-electron chi connectivity index (χ3n) is 2.92. The molecule has 2 aromatic rings. The largest absolute Gasteiger partial charge is 0.336 e.